The van der Waals surface area contributed by atoms with E-state index in [-0.39, 0.29) is 11.8 Å². The molecule has 82 valence electrons. The molecule has 0 saturated carbocycles. The quantitative estimate of drug-likeness (QED) is 0.731. The Bertz CT molecular complexity index is 188. The van der Waals surface area contributed by atoms with Crippen molar-refractivity contribution in [1.29, 1.82) is 0 Å². The number of nitrogens with one attached hydrogen (secondary N) is 1. The normalized spacial score (nSPS) is 33.4. The van der Waals surface area contributed by atoms with Crippen molar-refractivity contribution in [2.24, 2.45) is 5.92 Å². The Kier molecular flexibility index (Phi) is 3.10. The molecule has 1 atom stereocenters. The first-order valence-corrected chi connectivity index (χ1v) is 5.65. The van der Waals surface area contributed by atoms with Gasteiger partial charge < -0.3 is 9.47 Å². The van der Waals surface area contributed by atoms with E-state index in [1.807, 2.05) is 0 Å². The molecule has 3 heteroatoms. The van der Waals surface area contributed by atoms with Gasteiger partial charge in [0.2, 0.25) is 0 Å². The Hall–Kier alpha value is -0.120. The van der Waals surface area contributed by atoms with Crippen molar-refractivity contribution in [2.45, 2.75) is 44.9 Å². The van der Waals surface area contributed by atoms with Crippen molar-refractivity contribution in [3.63, 3.8) is 0 Å². The molecule has 0 aliphatic carbocycles. The van der Waals surface area contributed by atoms with Gasteiger partial charge in [-0.1, -0.05) is 0 Å². The van der Waals surface area contributed by atoms with E-state index in [0.717, 1.165) is 32.1 Å². The molecule has 3 nitrogen and oxygen atoms in total. The highest BCUT2D eigenvalue weighted by molar-refractivity contribution is 4.82. The third-order valence-electron chi connectivity index (χ3n) is 3.11. The van der Waals surface area contributed by atoms with Gasteiger partial charge in [-0.2, -0.15) is 0 Å². The van der Waals surface area contributed by atoms with Crippen molar-refractivity contribution in [1.82, 2.24) is 5.32 Å². The second-order valence-electron chi connectivity index (χ2n) is 5.04. The molecule has 2 saturated heterocycles. The van der Waals surface area contributed by atoms with Gasteiger partial charge >= 0.3 is 0 Å². The van der Waals surface area contributed by atoms with Crippen molar-refractivity contribution >= 4 is 0 Å². The molecule has 2 heterocycles. The number of hydrogen-bond acceptors (Lipinski definition) is 3. The highest BCUT2D eigenvalue weighted by Crippen LogP contribution is 2.25. The monoisotopic (exact) mass is 199 g/mol. The van der Waals surface area contributed by atoms with E-state index >= 15 is 0 Å². The number of hydrogen-bond donors (Lipinski definition) is 1. The molecular weight excluding hydrogens is 178 g/mol. The zero-order chi connectivity index (χ0) is 10.0. The van der Waals surface area contributed by atoms with Crippen LogP contribution in [0.2, 0.25) is 0 Å². The third kappa shape index (κ3) is 2.69. The minimum atomic E-state index is 0.0236. The van der Waals surface area contributed by atoms with Gasteiger partial charge in [0, 0.05) is 19.8 Å². The van der Waals surface area contributed by atoms with Gasteiger partial charge in [-0.05, 0) is 39.0 Å². The second kappa shape index (κ2) is 4.17. The van der Waals surface area contributed by atoms with Gasteiger partial charge in [0.15, 0.2) is 0 Å². The topological polar surface area (TPSA) is 30.5 Å². The first-order chi connectivity index (χ1) is 6.66. The van der Waals surface area contributed by atoms with Crippen LogP contribution in [0, 0.1) is 5.92 Å². The van der Waals surface area contributed by atoms with Gasteiger partial charge in [-0.3, -0.25) is 5.32 Å². The smallest absolute Gasteiger partial charge is 0.109 e. The van der Waals surface area contributed by atoms with Crippen LogP contribution in [-0.4, -0.2) is 31.6 Å². The van der Waals surface area contributed by atoms with Crippen LogP contribution >= 0.6 is 0 Å². The van der Waals surface area contributed by atoms with Crippen LogP contribution in [0.1, 0.15) is 33.1 Å². The third-order valence-corrected chi connectivity index (χ3v) is 3.11. The zero-order valence-electron chi connectivity index (χ0n) is 9.21. The molecule has 0 aromatic heterocycles. The van der Waals surface area contributed by atoms with Crippen molar-refractivity contribution in [2.75, 3.05) is 19.8 Å². The van der Waals surface area contributed by atoms with Crippen LogP contribution in [-0.2, 0) is 9.47 Å². The molecule has 0 bridgehead atoms. The van der Waals surface area contributed by atoms with Crippen LogP contribution in [0.15, 0.2) is 0 Å². The van der Waals surface area contributed by atoms with Crippen LogP contribution in [0.5, 0.6) is 0 Å². The maximum atomic E-state index is 5.90. The molecule has 0 amide bonds. The lowest BCUT2D eigenvalue weighted by molar-refractivity contribution is -0.0344. The van der Waals surface area contributed by atoms with Gasteiger partial charge in [-0.25, -0.2) is 0 Å². The van der Waals surface area contributed by atoms with Crippen LogP contribution < -0.4 is 5.32 Å². The van der Waals surface area contributed by atoms with E-state index < -0.39 is 0 Å². The molecule has 2 rings (SSSR count). The highest BCUT2D eigenvalue weighted by atomic mass is 16.5. The highest BCUT2D eigenvalue weighted by Gasteiger charge is 2.32. The standard InChI is InChI=1S/C11H21NO2/c1-11(2)8-12-10(14-11)7-9-3-5-13-6-4-9/h9-10,12H,3-8H2,1-2H3. The summed E-state index contributed by atoms with van der Waals surface area (Å²) in [6.07, 6.45) is 3.81. The van der Waals surface area contributed by atoms with E-state index in [1.54, 1.807) is 0 Å². The first-order valence-electron chi connectivity index (χ1n) is 5.65. The van der Waals surface area contributed by atoms with E-state index in [9.17, 15) is 0 Å². The molecule has 1 unspecified atom stereocenters. The summed E-state index contributed by atoms with van der Waals surface area (Å²) in [4.78, 5) is 0. The molecule has 0 aromatic rings. The van der Waals surface area contributed by atoms with E-state index in [0.29, 0.717) is 0 Å². The summed E-state index contributed by atoms with van der Waals surface area (Å²) in [5.41, 5.74) is 0.0236. The lowest BCUT2D eigenvalue weighted by Crippen LogP contribution is -2.28. The Morgan fingerprint density at radius 1 is 1.29 bits per heavy atom. The van der Waals surface area contributed by atoms with Crippen molar-refractivity contribution < 1.29 is 9.47 Å². The minimum Gasteiger partial charge on any atom is -0.381 e. The second-order valence-corrected chi connectivity index (χ2v) is 5.04. The van der Waals surface area contributed by atoms with E-state index in [2.05, 4.69) is 19.2 Å². The molecule has 2 fully saturated rings. The Morgan fingerprint density at radius 3 is 2.57 bits per heavy atom. The van der Waals surface area contributed by atoms with Crippen molar-refractivity contribution in [3.8, 4) is 0 Å². The van der Waals surface area contributed by atoms with Crippen LogP contribution in [0.4, 0.5) is 0 Å². The Balaban J connectivity index is 1.75. The maximum absolute atomic E-state index is 5.90. The van der Waals surface area contributed by atoms with Gasteiger partial charge in [0.25, 0.3) is 0 Å². The lowest BCUT2D eigenvalue weighted by atomic mass is 9.96. The maximum Gasteiger partial charge on any atom is 0.109 e. The first kappa shape index (κ1) is 10.4. The summed E-state index contributed by atoms with van der Waals surface area (Å²) in [6, 6.07) is 0. The fourth-order valence-corrected chi connectivity index (χ4v) is 2.24. The molecule has 0 radical (unpaired) electrons. The van der Waals surface area contributed by atoms with Crippen molar-refractivity contribution in [3.05, 3.63) is 0 Å². The van der Waals surface area contributed by atoms with Gasteiger partial charge in [0.1, 0.15) is 6.23 Å². The predicted octanol–water partition coefficient (Wildman–Crippen LogP) is 1.53. The van der Waals surface area contributed by atoms with Gasteiger partial charge in [0.05, 0.1) is 5.60 Å². The fraction of sp³-hybridized carbons (Fsp3) is 1.00. The average molecular weight is 199 g/mol. The molecule has 0 spiro atoms. The summed E-state index contributed by atoms with van der Waals surface area (Å²) in [5.74, 6) is 0.787. The number of rotatable bonds is 2. The summed E-state index contributed by atoms with van der Waals surface area (Å²) in [6.45, 7) is 7.12. The molecule has 0 aromatic carbocycles. The SMILES string of the molecule is CC1(C)CNC(CC2CCOCC2)O1. The minimum absolute atomic E-state index is 0.0236. The fourth-order valence-electron chi connectivity index (χ4n) is 2.24. The average Bonchev–Trinajstić information content (AvgIpc) is 2.47. The van der Waals surface area contributed by atoms with E-state index in [1.165, 1.54) is 12.8 Å². The van der Waals surface area contributed by atoms with Gasteiger partial charge in [-0.15, -0.1) is 0 Å². The summed E-state index contributed by atoms with van der Waals surface area (Å²) in [5, 5.41) is 3.43. The Labute approximate surface area is 86.2 Å². The molecular formula is C11H21NO2. The van der Waals surface area contributed by atoms with Crippen LogP contribution in [0.3, 0.4) is 0 Å². The lowest BCUT2D eigenvalue weighted by Gasteiger charge is -2.25. The summed E-state index contributed by atoms with van der Waals surface area (Å²) in [7, 11) is 0. The molecule has 1 N–H and O–H groups in total. The predicted molar refractivity (Wildman–Crippen MR) is 55.1 cm³/mol. The largest absolute Gasteiger partial charge is 0.381 e. The summed E-state index contributed by atoms with van der Waals surface area (Å²) >= 11 is 0. The zero-order valence-corrected chi connectivity index (χ0v) is 9.21. The number of ether oxygens (including phenoxy) is 2. The van der Waals surface area contributed by atoms with E-state index in [4.69, 9.17) is 9.47 Å². The van der Waals surface area contributed by atoms with Crippen LogP contribution in [0.25, 0.3) is 0 Å². The Morgan fingerprint density at radius 2 is 2.00 bits per heavy atom. The molecule has 14 heavy (non-hydrogen) atoms. The summed E-state index contributed by atoms with van der Waals surface area (Å²) < 4.78 is 11.2. The molecule has 2 aliphatic heterocycles. The molecule has 2 aliphatic rings.